The summed E-state index contributed by atoms with van der Waals surface area (Å²) in [5.74, 6) is 1.14. The average molecular weight is 302 g/mol. The van der Waals surface area contributed by atoms with Crippen LogP contribution >= 0.6 is 27.7 Å². The average Bonchev–Trinajstić information content (AvgIpc) is 2.28. The van der Waals surface area contributed by atoms with Crippen molar-refractivity contribution in [3.8, 4) is 0 Å². The first-order chi connectivity index (χ1) is 7.77. The highest BCUT2D eigenvalue weighted by Gasteiger charge is 2.07. The Morgan fingerprint density at radius 1 is 1.31 bits per heavy atom. The molecule has 0 aliphatic rings. The van der Waals surface area contributed by atoms with Gasteiger partial charge in [-0.3, -0.25) is 0 Å². The van der Waals surface area contributed by atoms with Crippen LogP contribution in [-0.4, -0.2) is 18.3 Å². The van der Waals surface area contributed by atoms with Gasteiger partial charge in [-0.1, -0.05) is 32.4 Å². The third kappa shape index (κ3) is 4.89. The smallest absolute Gasteiger partial charge is 0.0311 e. The summed E-state index contributed by atoms with van der Waals surface area (Å²) in [4.78, 5) is 1.33. The van der Waals surface area contributed by atoms with Crippen molar-refractivity contribution >= 4 is 27.7 Å². The first-order valence-corrected chi connectivity index (χ1v) is 7.66. The molecule has 0 radical (unpaired) electrons. The van der Waals surface area contributed by atoms with Crippen LogP contribution in [-0.2, 0) is 0 Å². The highest BCUT2D eigenvalue weighted by Crippen LogP contribution is 2.27. The zero-order chi connectivity index (χ0) is 11.8. The summed E-state index contributed by atoms with van der Waals surface area (Å²) in [5, 5.41) is 3.54. The molecule has 0 saturated carbocycles. The molecule has 0 bridgehead atoms. The Labute approximate surface area is 112 Å². The summed E-state index contributed by atoms with van der Waals surface area (Å²) in [7, 11) is 0. The first-order valence-electron chi connectivity index (χ1n) is 5.88. The Kier molecular flexibility index (Phi) is 7.17. The van der Waals surface area contributed by atoms with Gasteiger partial charge in [0.2, 0.25) is 0 Å². The van der Waals surface area contributed by atoms with Gasteiger partial charge in [0.25, 0.3) is 0 Å². The molecule has 0 amide bonds. The molecule has 0 fully saturated rings. The van der Waals surface area contributed by atoms with Crippen LogP contribution in [0.1, 0.15) is 26.7 Å². The highest BCUT2D eigenvalue weighted by molar-refractivity contribution is 9.10. The fourth-order valence-corrected chi connectivity index (χ4v) is 3.31. The molecule has 0 aromatic heterocycles. The predicted octanol–water partition coefficient (Wildman–Crippen LogP) is 4.32. The van der Waals surface area contributed by atoms with E-state index in [0.717, 1.165) is 12.3 Å². The van der Waals surface area contributed by atoms with Crippen molar-refractivity contribution in [2.24, 2.45) is 0 Å². The Hall–Kier alpha value is 0.01000. The van der Waals surface area contributed by atoms with Gasteiger partial charge < -0.3 is 5.32 Å². The van der Waals surface area contributed by atoms with E-state index in [4.69, 9.17) is 0 Å². The van der Waals surface area contributed by atoms with Crippen molar-refractivity contribution in [2.75, 3.05) is 12.3 Å². The molecule has 1 atom stereocenters. The molecular formula is C13H20BrNS. The number of nitrogens with one attached hydrogen (secondary N) is 1. The van der Waals surface area contributed by atoms with Crippen LogP contribution in [0.25, 0.3) is 0 Å². The Morgan fingerprint density at radius 2 is 2.06 bits per heavy atom. The fourth-order valence-electron chi connectivity index (χ4n) is 1.63. The molecule has 1 rings (SSSR count). The number of hydrogen-bond acceptors (Lipinski definition) is 2. The summed E-state index contributed by atoms with van der Waals surface area (Å²) in [6, 6.07) is 9.05. The molecule has 3 heteroatoms. The first kappa shape index (κ1) is 14.1. The lowest BCUT2D eigenvalue weighted by Gasteiger charge is -2.16. The summed E-state index contributed by atoms with van der Waals surface area (Å²) in [5.41, 5.74) is 0. The SMILES string of the molecule is CCCC(CSc1ccccc1Br)NCC. The quantitative estimate of drug-likeness (QED) is 0.753. The van der Waals surface area contributed by atoms with Crippen LogP contribution in [0, 0.1) is 0 Å². The van der Waals surface area contributed by atoms with Gasteiger partial charge >= 0.3 is 0 Å². The second-order valence-electron chi connectivity index (χ2n) is 3.78. The largest absolute Gasteiger partial charge is 0.313 e. The molecule has 0 aliphatic heterocycles. The van der Waals surface area contributed by atoms with E-state index in [1.165, 1.54) is 22.2 Å². The van der Waals surface area contributed by atoms with Crippen LogP contribution in [0.15, 0.2) is 33.6 Å². The Morgan fingerprint density at radius 3 is 2.69 bits per heavy atom. The summed E-state index contributed by atoms with van der Waals surface area (Å²) in [6.07, 6.45) is 2.50. The molecule has 1 nitrogen and oxygen atoms in total. The maximum absolute atomic E-state index is 3.58. The lowest BCUT2D eigenvalue weighted by Crippen LogP contribution is -2.30. The predicted molar refractivity (Wildman–Crippen MR) is 77.2 cm³/mol. The van der Waals surface area contributed by atoms with Crippen LogP contribution in [0.2, 0.25) is 0 Å². The van der Waals surface area contributed by atoms with Crippen molar-refractivity contribution in [1.82, 2.24) is 5.32 Å². The van der Waals surface area contributed by atoms with Crippen LogP contribution < -0.4 is 5.32 Å². The maximum Gasteiger partial charge on any atom is 0.0311 e. The minimum Gasteiger partial charge on any atom is -0.313 e. The van der Waals surface area contributed by atoms with Gasteiger partial charge in [0, 0.05) is 21.2 Å². The number of halogens is 1. The zero-order valence-corrected chi connectivity index (χ0v) is 12.4. The van der Waals surface area contributed by atoms with E-state index in [1.807, 2.05) is 11.8 Å². The van der Waals surface area contributed by atoms with E-state index < -0.39 is 0 Å². The van der Waals surface area contributed by atoms with Gasteiger partial charge in [-0.15, -0.1) is 11.8 Å². The van der Waals surface area contributed by atoms with Crippen LogP contribution in [0.5, 0.6) is 0 Å². The topological polar surface area (TPSA) is 12.0 Å². The molecule has 1 aromatic carbocycles. The van der Waals surface area contributed by atoms with E-state index in [2.05, 4.69) is 59.4 Å². The van der Waals surface area contributed by atoms with Gasteiger partial charge in [-0.05, 0) is 41.0 Å². The number of hydrogen-bond donors (Lipinski definition) is 1. The van der Waals surface area contributed by atoms with E-state index in [9.17, 15) is 0 Å². The normalized spacial score (nSPS) is 12.7. The van der Waals surface area contributed by atoms with Crippen LogP contribution in [0.3, 0.4) is 0 Å². The van der Waals surface area contributed by atoms with Gasteiger partial charge in [-0.2, -0.15) is 0 Å². The number of benzene rings is 1. The second kappa shape index (κ2) is 8.15. The van der Waals surface area contributed by atoms with Gasteiger partial charge in [0.1, 0.15) is 0 Å². The minimum atomic E-state index is 0.632. The summed E-state index contributed by atoms with van der Waals surface area (Å²) < 4.78 is 1.20. The van der Waals surface area contributed by atoms with Gasteiger partial charge in [0.15, 0.2) is 0 Å². The molecular weight excluding hydrogens is 282 g/mol. The van der Waals surface area contributed by atoms with E-state index >= 15 is 0 Å². The highest BCUT2D eigenvalue weighted by atomic mass is 79.9. The van der Waals surface area contributed by atoms with Crippen molar-refractivity contribution < 1.29 is 0 Å². The fraction of sp³-hybridized carbons (Fsp3) is 0.538. The third-order valence-corrected chi connectivity index (χ3v) is 4.60. The number of thioether (sulfide) groups is 1. The lowest BCUT2D eigenvalue weighted by molar-refractivity contribution is 0.531. The second-order valence-corrected chi connectivity index (χ2v) is 5.70. The molecule has 0 spiro atoms. The molecule has 1 aromatic rings. The van der Waals surface area contributed by atoms with Gasteiger partial charge in [-0.25, -0.2) is 0 Å². The van der Waals surface area contributed by atoms with Gasteiger partial charge in [0.05, 0.1) is 0 Å². The van der Waals surface area contributed by atoms with Crippen molar-refractivity contribution in [3.63, 3.8) is 0 Å². The van der Waals surface area contributed by atoms with Crippen molar-refractivity contribution in [2.45, 2.75) is 37.6 Å². The third-order valence-electron chi connectivity index (χ3n) is 2.41. The molecule has 90 valence electrons. The Balaban J connectivity index is 2.45. The van der Waals surface area contributed by atoms with Crippen LogP contribution in [0.4, 0.5) is 0 Å². The molecule has 16 heavy (non-hydrogen) atoms. The monoisotopic (exact) mass is 301 g/mol. The van der Waals surface area contributed by atoms with Crippen molar-refractivity contribution in [3.05, 3.63) is 28.7 Å². The maximum atomic E-state index is 3.58. The lowest BCUT2D eigenvalue weighted by atomic mass is 10.2. The molecule has 1 unspecified atom stereocenters. The van der Waals surface area contributed by atoms with E-state index in [-0.39, 0.29) is 0 Å². The Bertz CT molecular complexity index is 298. The summed E-state index contributed by atoms with van der Waals surface area (Å²) >= 11 is 5.51. The summed E-state index contributed by atoms with van der Waals surface area (Å²) in [6.45, 7) is 5.47. The number of rotatable bonds is 7. The van der Waals surface area contributed by atoms with Crippen molar-refractivity contribution in [1.29, 1.82) is 0 Å². The standard InChI is InChI=1S/C13H20BrNS/c1-3-7-11(15-4-2)10-16-13-9-6-5-8-12(13)14/h5-6,8-9,11,15H,3-4,7,10H2,1-2H3. The van der Waals surface area contributed by atoms with E-state index in [1.54, 1.807) is 0 Å². The van der Waals surface area contributed by atoms with E-state index in [0.29, 0.717) is 6.04 Å². The zero-order valence-electron chi connectivity index (χ0n) is 10.0. The minimum absolute atomic E-state index is 0.632. The molecule has 0 heterocycles. The molecule has 0 aliphatic carbocycles. The molecule has 1 N–H and O–H groups in total. The molecule has 0 saturated heterocycles.